The van der Waals surface area contributed by atoms with E-state index >= 15 is 0 Å². The summed E-state index contributed by atoms with van der Waals surface area (Å²) in [7, 11) is 0. The number of unbranched alkanes of at least 4 members (excludes halogenated alkanes) is 28. The lowest BCUT2D eigenvalue weighted by atomic mass is 10.0. The van der Waals surface area contributed by atoms with Crippen molar-refractivity contribution in [1.29, 1.82) is 0 Å². The van der Waals surface area contributed by atoms with Crippen LogP contribution in [0.15, 0.2) is 36.5 Å². The van der Waals surface area contributed by atoms with Crippen LogP contribution in [0, 0.1) is 0 Å². The van der Waals surface area contributed by atoms with Crippen molar-refractivity contribution in [3.8, 4) is 0 Å². The minimum Gasteiger partial charge on any atom is -0.462 e. The Morgan fingerprint density at radius 2 is 0.915 bits per heavy atom. The molecule has 0 aliphatic rings. The number of carbonyl (C=O) groups is 2. The Hall–Kier alpha value is -1.92. The molecular formula is C53H99NO5. The number of ether oxygens (including phenoxy) is 1. The van der Waals surface area contributed by atoms with Crippen molar-refractivity contribution < 1.29 is 24.5 Å². The Labute approximate surface area is 366 Å². The van der Waals surface area contributed by atoms with E-state index in [0.717, 1.165) is 77.0 Å². The fourth-order valence-corrected chi connectivity index (χ4v) is 7.86. The molecule has 0 saturated carbocycles. The largest absolute Gasteiger partial charge is 0.462 e. The first-order valence-electron chi connectivity index (χ1n) is 25.7. The number of hydrogen-bond donors (Lipinski definition) is 3. The Bertz CT molecular complexity index is 977. The molecule has 0 aromatic heterocycles. The molecule has 0 spiro atoms. The van der Waals surface area contributed by atoms with Crippen molar-refractivity contribution in [2.24, 2.45) is 0 Å². The van der Waals surface area contributed by atoms with E-state index in [-0.39, 0.29) is 24.9 Å². The summed E-state index contributed by atoms with van der Waals surface area (Å²) in [6.07, 6.45) is 54.9. The van der Waals surface area contributed by atoms with Crippen LogP contribution in [0.3, 0.4) is 0 Å². The predicted octanol–water partition coefficient (Wildman–Crippen LogP) is 15.3. The Morgan fingerprint density at radius 3 is 1.39 bits per heavy atom. The van der Waals surface area contributed by atoms with Gasteiger partial charge in [-0.25, -0.2) is 0 Å². The molecule has 0 bridgehead atoms. The lowest BCUT2D eigenvalue weighted by Crippen LogP contribution is -2.46. The Kier molecular flexibility index (Phi) is 45.6. The van der Waals surface area contributed by atoms with Crippen molar-refractivity contribution in [2.75, 3.05) is 6.61 Å². The first-order chi connectivity index (χ1) is 29.0. The van der Waals surface area contributed by atoms with Crippen molar-refractivity contribution in [3.63, 3.8) is 0 Å². The zero-order valence-corrected chi connectivity index (χ0v) is 39.4. The molecule has 0 aliphatic carbocycles. The predicted molar refractivity (Wildman–Crippen MR) is 255 cm³/mol. The summed E-state index contributed by atoms with van der Waals surface area (Å²) in [4.78, 5) is 26.1. The summed E-state index contributed by atoms with van der Waals surface area (Å²) in [6.45, 7) is 6.37. The first-order valence-corrected chi connectivity index (χ1v) is 25.7. The van der Waals surface area contributed by atoms with Crippen molar-refractivity contribution >= 4 is 11.9 Å². The summed E-state index contributed by atoms with van der Waals surface area (Å²) >= 11 is 0. The molecule has 0 rings (SSSR count). The highest BCUT2D eigenvalue weighted by Gasteiger charge is 2.24. The van der Waals surface area contributed by atoms with E-state index in [4.69, 9.17) is 4.74 Å². The highest BCUT2D eigenvalue weighted by molar-refractivity contribution is 5.77. The van der Waals surface area contributed by atoms with E-state index in [9.17, 15) is 19.8 Å². The van der Waals surface area contributed by atoms with Gasteiger partial charge < -0.3 is 20.3 Å². The molecule has 0 aromatic rings. The van der Waals surface area contributed by atoms with Gasteiger partial charge >= 0.3 is 5.97 Å². The van der Waals surface area contributed by atoms with Gasteiger partial charge in [0.1, 0.15) is 6.10 Å². The minimum absolute atomic E-state index is 0.0761. The lowest BCUT2D eigenvalue weighted by molar-refractivity contribution is -0.151. The second kappa shape index (κ2) is 47.1. The number of carbonyl (C=O) groups excluding carboxylic acids is 2. The van der Waals surface area contributed by atoms with Crippen LogP contribution in [0.1, 0.15) is 265 Å². The molecule has 3 N–H and O–H groups in total. The maximum absolute atomic E-state index is 13.2. The standard InChI is InChI=1S/C53H99NO5/c1-4-7-10-13-16-19-22-24-26-27-29-31-34-37-40-43-46-53(58)59-49(44-41-38-35-32-30-28-25-23-20-17-14-11-8-5-2)47-52(57)54-50(48-55)51(56)45-42-39-36-33-21-18-15-12-9-6-3/h7,10,16,19,24,26,49-51,55-56H,4-6,8-9,11-15,17-18,20-23,25,27-48H2,1-3H3,(H,54,57)/b10-7+,19-16+,26-24+. The number of aliphatic hydroxyl groups is 2. The van der Waals surface area contributed by atoms with E-state index < -0.39 is 18.2 Å². The van der Waals surface area contributed by atoms with Gasteiger partial charge in [-0.05, 0) is 57.8 Å². The highest BCUT2D eigenvalue weighted by atomic mass is 16.5. The second-order valence-electron chi connectivity index (χ2n) is 17.5. The molecule has 0 aliphatic heterocycles. The smallest absolute Gasteiger partial charge is 0.306 e. The molecular weight excluding hydrogens is 731 g/mol. The molecule has 0 aromatic carbocycles. The van der Waals surface area contributed by atoms with Gasteiger partial charge in [-0.15, -0.1) is 0 Å². The van der Waals surface area contributed by atoms with Gasteiger partial charge in [0.2, 0.25) is 5.91 Å². The lowest BCUT2D eigenvalue weighted by Gasteiger charge is -2.24. The summed E-state index contributed by atoms with van der Waals surface area (Å²) in [5.74, 6) is -0.478. The Morgan fingerprint density at radius 1 is 0.508 bits per heavy atom. The molecule has 1 amide bonds. The normalized spacial score (nSPS) is 13.5. The van der Waals surface area contributed by atoms with E-state index in [1.165, 1.54) is 141 Å². The molecule has 6 nitrogen and oxygen atoms in total. The van der Waals surface area contributed by atoms with Crippen LogP contribution >= 0.6 is 0 Å². The summed E-state index contributed by atoms with van der Waals surface area (Å²) in [6, 6.07) is -0.699. The molecule has 0 saturated heterocycles. The topological polar surface area (TPSA) is 95.9 Å². The number of hydrogen-bond acceptors (Lipinski definition) is 5. The fraction of sp³-hybridized carbons (Fsp3) is 0.849. The second-order valence-corrected chi connectivity index (χ2v) is 17.5. The summed E-state index contributed by atoms with van der Waals surface area (Å²) in [5.41, 5.74) is 0. The van der Waals surface area contributed by atoms with Gasteiger partial charge in [-0.1, -0.05) is 231 Å². The van der Waals surface area contributed by atoms with Crippen LogP contribution in [0.2, 0.25) is 0 Å². The van der Waals surface area contributed by atoms with E-state index in [1.807, 2.05) is 0 Å². The zero-order chi connectivity index (χ0) is 43.1. The Balaban J connectivity index is 4.57. The molecule has 0 heterocycles. The van der Waals surface area contributed by atoms with Gasteiger partial charge in [-0.2, -0.15) is 0 Å². The summed E-state index contributed by atoms with van der Waals surface area (Å²) in [5, 5.41) is 23.7. The van der Waals surface area contributed by atoms with Crippen molar-refractivity contribution in [1.82, 2.24) is 5.32 Å². The molecule has 59 heavy (non-hydrogen) atoms. The highest BCUT2D eigenvalue weighted by Crippen LogP contribution is 2.18. The van der Waals surface area contributed by atoms with Gasteiger partial charge in [0, 0.05) is 6.42 Å². The summed E-state index contributed by atoms with van der Waals surface area (Å²) < 4.78 is 5.93. The van der Waals surface area contributed by atoms with Crippen LogP contribution in [0.5, 0.6) is 0 Å². The average molecular weight is 830 g/mol. The molecule has 0 fully saturated rings. The minimum atomic E-state index is -0.786. The van der Waals surface area contributed by atoms with Gasteiger partial charge in [0.15, 0.2) is 0 Å². The van der Waals surface area contributed by atoms with E-state index in [2.05, 4.69) is 62.5 Å². The monoisotopic (exact) mass is 830 g/mol. The first kappa shape index (κ1) is 57.1. The van der Waals surface area contributed by atoms with Crippen LogP contribution < -0.4 is 5.32 Å². The third-order valence-corrected chi connectivity index (χ3v) is 11.7. The fourth-order valence-electron chi connectivity index (χ4n) is 7.86. The quantitative estimate of drug-likeness (QED) is 0.0323. The molecule has 0 radical (unpaired) electrons. The van der Waals surface area contributed by atoms with Crippen LogP contribution in [0.4, 0.5) is 0 Å². The van der Waals surface area contributed by atoms with Crippen molar-refractivity contribution in [2.45, 2.75) is 283 Å². The number of esters is 1. The third kappa shape index (κ3) is 42.6. The van der Waals surface area contributed by atoms with Crippen LogP contribution in [-0.4, -0.2) is 46.9 Å². The van der Waals surface area contributed by atoms with Crippen LogP contribution in [0.25, 0.3) is 0 Å². The SMILES string of the molecule is CC/C=C/C/C=C/C/C=C/CCCCCCCCC(=O)OC(CCCCCCCCCCCCCCCC)CC(=O)NC(CO)C(O)CCCCCCCCCCCC. The van der Waals surface area contributed by atoms with Gasteiger partial charge in [-0.3, -0.25) is 9.59 Å². The molecule has 3 unspecified atom stereocenters. The van der Waals surface area contributed by atoms with E-state index in [1.54, 1.807) is 0 Å². The van der Waals surface area contributed by atoms with Gasteiger partial charge in [0.25, 0.3) is 0 Å². The number of allylic oxidation sites excluding steroid dienone is 6. The third-order valence-electron chi connectivity index (χ3n) is 11.7. The van der Waals surface area contributed by atoms with Crippen molar-refractivity contribution in [3.05, 3.63) is 36.5 Å². The molecule has 346 valence electrons. The number of amides is 1. The van der Waals surface area contributed by atoms with E-state index in [0.29, 0.717) is 19.3 Å². The molecule has 6 heteroatoms. The molecule has 3 atom stereocenters. The number of nitrogens with one attached hydrogen (secondary N) is 1. The average Bonchev–Trinajstić information content (AvgIpc) is 3.23. The van der Waals surface area contributed by atoms with Gasteiger partial charge in [0.05, 0.1) is 25.2 Å². The number of aliphatic hydroxyl groups excluding tert-OH is 2. The van der Waals surface area contributed by atoms with Crippen LogP contribution in [-0.2, 0) is 14.3 Å². The number of rotatable bonds is 46. The maximum Gasteiger partial charge on any atom is 0.306 e. The zero-order valence-electron chi connectivity index (χ0n) is 39.4. The maximum atomic E-state index is 13.2.